The van der Waals surface area contributed by atoms with E-state index in [0.29, 0.717) is 19.5 Å². The summed E-state index contributed by atoms with van der Waals surface area (Å²) in [5.74, 6) is 0.750. The van der Waals surface area contributed by atoms with E-state index in [9.17, 15) is 14.4 Å². The number of amides is 3. The lowest BCUT2D eigenvalue weighted by atomic mass is 10.1. The van der Waals surface area contributed by atoms with Gasteiger partial charge in [0.1, 0.15) is 11.2 Å². The number of carbonyl (C=O) groups is 3. The molecule has 2 aromatic rings. The first-order chi connectivity index (χ1) is 19.3. The fourth-order valence-electron chi connectivity index (χ4n) is 3.34. The number of aryl methyl sites for hydroxylation is 1. The molecule has 228 valence electrons. The van der Waals surface area contributed by atoms with Crippen molar-refractivity contribution in [3.05, 3.63) is 52.2 Å². The normalized spacial score (nSPS) is 12.9. The van der Waals surface area contributed by atoms with Crippen molar-refractivity contribution in [2.75, 3.05) is 30.7 Å². The van der Waals surface area contributed by atoms with Crippen LogP contribution in [0.5, 0.6) is 0 Å². The zero-order chi connectivity index (χ0) is 31.1. The van der Waals surface area contributed by atoms with Gasteiger partial charge in [-0.2, -0.15) is 0 Å². The van der Waals surface area contributed by atoms with Crippen molar-refractivity contribution in [3.63, 3.8) is 0 Å². The Kier molecular flexibility index (Phi) is 15.6. The Morgan fingerprint density at radius 3 is 2.12 bits per heavy atom. The van der Waals surface area contributed by atoms with Crippen molar-refractivity contribution in [2.45, 2.75) is 84.8 Å². The molecule has 0 unspecified atom stereocenters. The Hall–Kier alpha value is -2.98. The van der Waals surface area contributed by atoms with Gasteiger partial charge < -0.3 is 25.0 Å². The lowest BCUT2D eigenvalue weighted by Gasteiger charge is -2.29. The summed E-state index contributed by atoms with van der Waals surface area (Å²) in [5.41, 5.74) is 1.21. The fraction of sp³-hybridized carbons (Fsp3) is 0.516. The molecule has 8 nitrogen and oxygen atoms in total. The van der Waals surface area contributed by atoms with Gasteiger partial charge in [0.2, 0.25) is 6.41 Å². The third-order valence-corrected chi connectivity index (χ3v) is 7.13. The SMILES string of the molecule is CC.CC(C)(C)OC(=O)NCCSc1ccc(NC=O)cc1.Cc1ccc(C2=CCN(C(=O)OC(C)(C)C)CC2)s1. The van der Waals surface area contributed by atoms with Gasteiger partial charge in [-0.1, -0.05) is 19.9 Å². The first kappa shape index (κ1) is 36.0. The number of thioether (sulfide) groups is 1. The summed E-state index contributed by atoms with van der Waals surface area (Å²) in [6, 6.07) is 11.8. The van der Waals surface area contributed by atoms with E-state index in [4.69, 9.17) is 9.47 Å². The van der Waals surface area contributed by atoms with Gasteiger partial charge in [-0.3, -0.25) is 4.79 Å². The number of benzene rings is 1. The summed E-state index contributed by atoms with van der Waals surface area (Å²) in [6.07, 6.45) is 3.07. The number of thiophene rings is 1. The zero-order valence-corrected chi connectivity index (χ0v) is 27.6. The number of nitrogens with zero attached hydrogens (tertiary/aromatic N) is 1. The van der Waals surface area contributed by atoms with E-state index in [-0.39, 0.29) is 6.09 Å². The number of alkyl carbamates (subject to hydrolysis) is 1. The highest BCUT2D eigenvalue weighted by Crippen LogP contribution is 2.29. The topological polar surface area (TPSA) is 97.0 Å². The molecule has 1 aromatic carbocycles. The molecule has 1 aromatic heterocycles. The van der Waals surface area contributed by atoms with Crippen LogP contribution in [0, 0.1) is 6.92 Å². The molecule has 0 fully saturated rings. The minimum Gasteiger partial charge on any atom is -0.444 e. The highest BCUT2D eigenvalue weighted by molar-refractivity contribution is 7.99. The number of anilines is 1. The third-order valence-electron chi connectivity index (χ3n) is 5.04. The molecule has 0 aliphatic carbocycles. The van der Waals surface area contributed by atoms with Gasteiger partial charge in [0.05, 0.1) is 0 Å². The molecule has 0 atom stereocenters. The predicted molar refractivity (Wildman–Crippen MR) is 172 cm³/mol. The zero-order valence-electron chi connectivity index (χ0n) is 26.0. The first-order valence-corrected chi connectivity index (χ1v) is 15.7. The van der Waals surface area contributed by atoms with Crippen LogP contribution in [0.3, 0.4) is 0 Å². The number of carbonyl (C=O) groups excluding carboxylic acids is 3. The van der Waals surface area contributed by atoms with Crippen LogP contribution in [0.15, 0.2) is 47.4 Å². The minimum absolute atomic E-state index is 0.217. The average molecular weight is 606 g/mol. The van der Waals surface area contributed by atoms with Crippen molar-refractivity contribution >= 4 is 53.0 Å². The summed E-state index contributed by atoms with van der Waals surface area (Å²) in [7, 11) is 0. The molecular formula is C31H47N3O5S2. The van der Waals surface area contributed by atoms with E-state index in [1.165, 1.54) is 15.3 Å². The number of rotatable bonds is 7. The summed E-state index contributed by atoms with van der Waals surface area (Å²) < 4.78 is 10.5. The van der Waals surface area contributed by atoms with Crippen molar-refractivity contribution < 1.29 is 23.9 Å². The smallest absolute Gasteiger partial charge is 0.410 e. The number of ether oxygens (including phenoxy) is 2. The largest absolute Gasteiger partial charge is 0.444 e. The Labute approximate surface area is 254 Å². The second kappa shape index (κ2) is 17.7. The summed E-state index contributed by atoms with van der Waals surface area (Å²) in [4.78, 5) is 39.1. The number of hydrogen-bond donors (Lipinski definition) is 2. The van der Waals surface area contributed by atoms with Crippen molar-refractivity contribution in [2.24, 2.45) is 0 Å². The van der Waals surface area contributed by atoms with E-state index < -0.39 is 17.3 Å². The fourth-order valence-corrected chi connectivity index (χ4v) is 5.05. The maximum Gasteiger partial charge on any atom is 0.410 e. The predicted octanol–water partition coefficient (Wildman–Crippen LogP) is 7.98. The highest BCUT2D eigenvalue weighted by Gasteiger charge is 2.24. The molecule has 0 radical (unpaired) electrons. The molecule has 0 spiro atoms. The van der Waals surface area contributed by atoms with Crippen molar-refractivity contribution in [3.8, 4) is 0 Å². The van der Waals surface area contributed by atoms with Crippen molar-refractivity contribution in [1.82, 2.24) is 10.2 Å². The summed E-state index contributed by atoms with van der Waals surface area (Å²) >= 11 is 3.43. The van der Waals surface area contributed by atoms with Crippen LogP contribution in [0.25, 0.3) is 5.57 Å². The van der Waals surface area contributed by atoms with Crippen LogP contribution in [0.2, 0.25) is 0 Å². The second-order valence-electron chi connectivity index (χ2n) is 10.9. The van der Waals surface area contributed by atoms with E-state index in [2.05, 4.69) is 35.8 Å². The number of nitrogens with one attached hydrogen (secondary N) is 2. The van der Waals surface area contributed by atoms with Gasteiger partial charge in [-0.05, 0) is 96.9 Å². The van der Waals surface area contributed by atoms with Crippen LogP contribution in [0.4, 0.5) is 15.3 Å². The van der Waals surface area contributed by atoms with Crippen LogP contribution < -0.4 is 10.6 Å². The number of hydrogen-bond acceptors (Lipinski definition) is 7. The van der Waals surface area contributed by atoms with Crippen LogP contribution >= 0.6 is 23.1 Å². The molecule has 1 aliphatic heterocycles. The molecule has 3 amide bonds. The Morgan fingerprint density at radius 2 is 1.63 bits per heavy atom. The molecule has 0 bridgehead atoms. The maximum absolute atomic E-state index is 11.9. The quantitative estimate of drug-likeness (QED) is 0.189. The average Bonchev–Trinajstić information content (AvgIpc) is 3.34. The van der Waals surface area contributed by atoms with Gasteiger partial charge >= 0.3 is 12.2 Å². The molecule has 41 heavy (non-hydrogen) atoms. The summed E-state index contributed by atoms with van der Waals surface area (Å²) in [6.45, 7) is 19.2. The Morgan fingerprint density at radius 1 is 1.00 bits per heavy atom. The third kappa shape index (κ3) is 15.6. The second-order valence-corrected chi connectivity index (χ2v) is 13.3. The first-order valence-electron chi connectivity index (χ1n) is 13.9. The van der Waals surface area contributed by atoms with Gasteiger partial charge in [0.15, 0.2) is 0 Å². The molecule has 0 saturated heterocycles. The van der Waals surface area contributed by atoms with E-state index >= 15 is 0 Å². The van der Waals surface area contributed by atoms with Crippen LogP contribution in [-0.4, -0.2) is 60.1 Å². The van der Waals surface area contributed by atoms with Crippen molar-refractivity contribution in [1.29, 1.82) is 0 Å². The van der Waals surface area contributed by atoms with E-state index in [0.717, 1.165) is 29.3 Å². The molecule has 0 saturated carbocycles. The Bertz CT molecular complexity index is 1120. The molecule has 2 N–H and O–H groups in total. The lowest BCUT2D eigenvalue weighted by Crippen LogP contribution is -2.39. The van der Waals surface area contributed by atoms with Gasteiger partial charge in [-0.25, -0.2) is 9.59 Å². The molecular weight excluding hydrogens is 558 g/mol. The van der Waals surface area contributed by atoms with E-state index in [1.807, 2.05) is 91.0 Å². The molecule has 2 heterocycles. The Balaban J connectivity index is 0.000000387. The lowest BCUT2D eigenvalue weighted by molar-refractivity contribution is -0.105. The standard InChI is InChI=1S/C15H21NO2S.C14H20N2O3S.C2H6/c1-11-5-6-13(19-11)12-7-9-16(10-8-12)14(17)18-15(2,3)4;1-14(2,3)19-13(18)15-8-9-20-12-6-4-11(5-7-12)16-10-17;1-2/h5-7H,8-10H2,1-4H3;4-7,10H,8-9H2,1-3H3,(H,15,18)(H,16,17);1-2H3. The minimum atomic E-state index is -0.474. The van der Waals surface area contributed by atoms with Gasteiger partial charge in [0.25, 0.3) is 0 Å². The van der Waals surface area contributed by atoms with Gasteiger partial charge in [-0.15, -0.1) is 23.1 Å². The highest BCUT2D eigenvalue weighted by atomic mass is 32.2. The van der Waals surface area contributed by atoms with Crippen LogP contribution in [-0.2, 0) is 14.3 Å². The van der Waals surface area contributed by atoms with E-state index in [1.54, 1.807) is 16.7 Å². The maximum atomic E-state index is 11.9. The van der Waals surface area contributed by atoms with Gasteiger partial charge in [0, 0.05) is 45.7 Å². The molecule has 10 heteroatoms. The van der Waals surface area contributed by atoms with Crippen LogP contribution in [0.1, 0.15) is 71.6 Å². The monoisotopic (exact) mass is 605 g/mol. The molecule has 3 rings (SSSR count). The molecule has 1 aliphatic rings. The summed E-state index contributed by atoms with van der Waals surface area (Å²) in [5, 5.41) is 5.28.